The van der Waals surface area contributed by atoms with Gasteiger partial charge in [-0.15, -0.1) is 0 Å². The molecule has 0 bridgehead atoms. The predicted octanol–water partition coefficient (Wildman–Crippen LogP) is 6.84. The van der Waals surface area contributed by atoms with Gasteiger partial charge in [0.15, 0.2) is 0 Å². The van der Waals surface area contributed by atoms with Crippen LogP contribution >= 0.6 is 0 Å². The first kappa shape index (κ1) is 29.8. The minimum absolute atomic E-state index is 0.0111. The first-order valence-corrected chi connectivity index (χ1v) is 10.1. The van der Waals surface area contributed by atoms with Crippen molar-refractivity contribution in [1.29, 1.82) is 0 Å². The summed E-state index contributed by atoms with van der Waals surface area (Å²) in [6.45, 7) is 4.38. The molecule has 13 heteroatoms. The minimum atomic E-state index is -6.17. The Hall–Kier alpha value is -2.41. The topological polar surface area (TPSA) is 40.5 Å². The summed E-state index contributed by atoms with van der Waals surface area (Å²) in [6, 6.07) is 3.36. The third kappa shape index (κ3) is 4.79. The fourth-order valence-corrected chi connectivity index (χ4v) is 3.94. The van der Waals surface area contributed by atoms with Gasteiger partial charge in [-0.05, 0) is 67.5 Å². The summed E-state index contributed by atoms with van der Waals surface area (Å²) in [5, 5.41) is 19.8. The summed E-state index contributed by atoms with van der Waals surface area (Å²) in [5.41, 5.74) is -14.0. The molecule has 0 heterocycles. The highest BCUT2D eigenvalue weighted by Gasteiger charge is 2.72. The van der Waals surface area contributed by atoms with E-state index in [2.05, 4.69) is 0 Å². The van der Waals surface area contributed by atoms with Gasteiger partial charge in [0.05, 0.1) is 0 Å². The van der Waals surface area contributed by atoms with E-state index in [1.807, 2.05) is 0 Å². The SMILES string of the molecule is Cc1cc(Cc2cc(C)c(C)c(C(O)(C(F)(F)F)C(F)(F)F)c2)cc(C(O)(C(F)F)C(F)(F)F)c1C. The summed E-state index contributed by atoms with van der Waals surface area (Å²) in [7, 11) is 0. The van der Waals surface area contributed by atoms with Crippen LogP contribution < -0.4 is 0 Å². The van der Waals surface area contributed by atoms with E-state index >= 15 is 0 Å². The molecular weight excluding hydrogens is 517 g/mol. The van der Waals surface area contributed by atoms with Crippen LogP contribution in [-0.4, -0.2) is 35.2 Å². The first-order valence-electron chi connectivity index (χ1n) is 10.1. The van der Waals surface area contributed by atoms with E-state index in [0.717, 1.165) is 19.9 Å². The van der Waals surface area contributed by atoms with E-state index in [4.69, 9.17) is 0 Å². The number of rotatable bonds is 5. The van der Waals surface area contributed by atoms with Crippen molar-refractivity contribution in [2.24, 2.45) is 0 Å². The fraction of sp³-hybridized carbons (Fsp3) is 0.478. The number of hydrogen-bond donors (Lipinski definition) is 2. The summed E-state index contributed by atoms with van der Waals surface area (Å²) in [6.07, 6.45) is -23.0. The quantitative estimate of drug-likeness (QED) is 0.410. The molecule has 202 valence electrons. The molecule has 0 aliphatic heterocycles. The van der Waals surface area contributed by atoms with Crippen molar-refractivity contribution in [2.75, 3.05) is 0 Å². The molecule has 36 heavy (non-hydrogen) atoms. The molecule has 0 aliphatic carbocycles. The Labute approximate surface area is 198 Å². The molecule has 2 rings (SSSR count). The van der Waals surface area contributed by atoms with Crippen molar-refractivity contribution in [1.82, 2.24) is 0 Å². The van der Waals surface area contributed by atoms with Crippen molar-refractivity contribution in [2.45, 2.75) is 70.3 Å². The van der Waals surface area contributed by atoms with Gasteiger partial charge in [0.2, 0.25) is 5.60 Å². The normalized spacial score (nSPS) is 15.4. The average Bonchev–Trinajstić information content (AvgIpc) is 2.69. The van der Waals surface area contributed by atoms with Gasteiger partial charge in [-0.25, -0.2) is 8.78 Å². The predicted molar refractivity (Wildman–Crippen MR) is 107 cm³/mol. The number of alkyl halides is 11. The Bertz CT molecular complexity index is 1120. The standard InChI is InChI=1S/C23H21F11O2/c1-10-5-14(8-16(12(10)3)19(35,18(24)25)21(26,27)28)7-15-6-11(2)13(4)17(9-15)20(36,22(29,30)31)23(32,33)34/h5-6,8-9,18,35-36H,7H2,1-4H3. The van der Waals surface area contributed by atoms with Crippen molar-refractivity contribution < 1.29 is 58.5 Å². The fourth-order valence-electron chi connectivity index (χ4n) is 3.94. The third-order valence-corrected chi connectivity index (χ3v) is 6.23. The van der Waals surface area contributed by atoms with Crippen LogP contribution in [0, 0.1) is 27.7 Å². The van der Waals surface area contributed by atoms with E-state index in [0.29, 0.717) is 12.1 Å². The van der Waals surface area contributed by atoms with Gasteiger partial charge in [-0.2, -0.15) is 39.5 Å². The maximum Gasteiger partial charge on any atom is 0.430 e. The highest BCUT2D eigenvalue weighted by Crippen LogP contribution is 2.51. The van der Waals surface area contributed by atoms with E-state index in [1.165, 1.54) is 19.9 Å². The monoisotopic (exact) mass is 538 g/mol. The second-order valence-electron chi connectivity index (χ2n) is 8.62. The third-order valence-electron chi connectivity index (χ3n) is 6.23. The largest absolute Gasteiger partial charge is 0.430 e. The molecule has 2 N–H and O–H groups in total. The van der Waals surface area contributed by atoms with Gasteiger partial charge in [-0.1, -0.05) is 24.3 Å². The number of halogens is 11. The van der Waals surface area contributed by atoms with Crippen LogP contribution in [0.25, 0.3) is 0 Å². The minimum Gasteiger partial charge on any atom is -0.372 e. The van der Waals surface area contributed by atoms with Crippen molar-refractivity contribution in [3.05, 3.63) is 68.8 Å². The molecule has 0 radical (unpaired) electrons. The van der Waals surface area contributed by atoms with E-state index < -0.39 is 59.3 Å². The van der Waals surface area contributed by atoms with Gasteiger partial charge in [0.1, 0.15) is 0 Å². The van der Waals surface area contributed by atoms with E-state index in [-0.39, 0.29) is 27.8 Å². The lowest BCUT2D eigenvalue weighted by molar-refractivity contribution is -0.376. The molecule has 0 saturated carbocycles. The Kier molecular flexibility index (Phi) is 7.59. The maximum atomic E-state index is 13.4. The summed E-state index contributed by atoms with van der Waals surface area (Å²) in [5.74, 6) is 0. The molecule has 2 nitrogen and oxygen atoms in total. The summed E-state index contributed by atoms with van der Waals surface area (Å²) in [4.78, 5) is 0. The van der Waals surface area contributed by atoms with Crippen LogP contribution in [0.1, 0.15) is 44.5 Å². The van der Waals surface area contributed by atoms with E-state index in [1.54, 1.807) is 0 Å². The highest BCUT2D eigenvalue weighted by molar-refractivity contribution is 5.47. The Balaban J connectivity index is 2.76. The Morgan fingerprint density at radius 3 is 1.31 bits per heavy atom. The molecule has 1 unspecified atom stereocenters. The van der Waals surface area contributed by atoms with Gasteiger partial charge < -0.3 is 10.2 Å². The zero-order valence-corrected chi connectivity index (χ0v) is 19.1. The van der Waals surface area contributed by atoms with Crippen LogP contribution in [-0.2, 0) is 17.6 Å². The van der Waals surface area contributed by atoms with Crippen LogP contribution in [0.3, 0.4) is 0 Å². The molecule has 1 atom stereocenters. The second-order valence-corrected chi connectivity index (χ2v) is 8.62. The molecule has 0 fully saturated rings. The second kappa shape index (κ2) is 9.16. The molecule has 0 amide bonds. The first-order chi connectivity index (χ1) is 16.0. The lowest BCUT2D eigenvalue weighted by atomic mass is 9.83. The Morgan fingerprint density at radius 2 is 0.972 bits per heavy atom. The molecule has 2 aromatic carbocycles. The number of aliphatic hydroxyl groups is 2. The zero-order valence-electron chi connectivity index (χ0n) is 19.1. The number of benzene rings is 2. The Morgan fingerprint density at radius 1 is 0.611 bits per heavy atom. The van der Waals surface area contributed by atoms with Crippen molar-refractivity contribution in [3.63, 3.8) is 0 Å². The molecule has 0 aliphatic rings. The molecule has 0 aromatic heterocycles. The average molecular weight is 538 g/mol. The van der Waals surface area contributed by atoms with Crippen LogP contribution in [0.4, 0.5) is 48.3 Å². The van der Waals surface area contributed by atoms with Crippen LogP contribution in [0.5, 0.6) is 0 Å². The number of hydrogen-bond acceptors (Lipinski definition) is 2. The van der Waals surface area contributed by atoms with Gasteiger partial charge in [0, 0.05) is 11.1 Å². The van der Waals surface area contributed by atoms with Crippen LogP contribution in [0.2, 0.25) is 0 Å². The summed E-state index contributed by atoms with van der Waals surface area (Å²) >= 11 is 0. The molecular formula is C23H21F11O2. The highest BCUT2D eigenvalue weighted by atomic mass is 19.4. The van der Waals surface area contributed by atoms with Crippen molar-refractivity contribution >= 4 is 0 Å². The van der Waals surface area contributed by atoms with Crippen molar-refractivity contribution in [3.8, 4) is 0 Å². The van der Waals surface area contributed by atoms with Gasteiger partial charge in [0.25, 0.3) is 12.0 Å². The lowest BCUT2D eigenvalue weighted by Crippen LogP contribution is -2.54. The molecule has 0 spiro atoms. The smallest absolute Gasteiger partial charge is 0.372 e. The maximum absolute atomic E-state index is 13.4. The number of aryl methyl sites for hydroxylation is 2. The molecule has 0 saturated heterocycles. The van der Waals surface area contributed by atoms with Crippen LogP contribution in [0.15, 0.2) is 24.3 Å². The van der Waals surface area contributed by atoms with Gasteiger partial charge in [-0.3, -0.25) is 0 Å². The van der Waals surface area contributed by atoms with E-state index in [9.17, 15) is 58.5 Å². The summed E-state index contributed by atoms with van der Waals surface area (Å²) < 4.78 is 148. The lowest BCUT2D eigenvalue weighted by Gasteiger charge is -2.34. The zero-order chi connectivity index (χ0) is 28.2. The van der Waals surface area contributed by atoms with Gasteiger partial charge >= 0.3 is 18.5 Å². The molecule has 2 aromatic rings.